The molecule has 0 saturated carbocycles. The highest BCUT2D eigenvalue weighted by atomic mass is 16.3. The summed E-state index contributed by atoms with van der Waals surface area (Å²) in [4.78, 5) is 4.04. The highest BCUT2D eigenvalue weighted by molar-refractivity contribution is 5.84. The van der Waals surface area contributed by atoms with Crippen LogP contribution < -0.4 is 0 Å². The molecular formula is C9H7NO. The maximum Gasteiger partial charge on any atom is 0.124 e. The lowest BCUT2D eigenvalue weighted by atomic mass is 10.2. The molecule has 0 radical (unpaired) electrons. The summed E-state index contributed by atoms with van der Waals surface area (Å²) in [5, 5.41) is 10.1. The number of phenols is 1. The van der Waals surface area contributed by atoms with Gasteiger partial charge in [0, 0.05) is 11.6 Å². The lowest BCUT2D eigenvalue weighted by Gasteiger charge is -1.96. The molecule has 2 rings (SSSR count). The van der Waals surface area contributed by atoms with Crippen LogP contribution in [0.5, 0.6) is 5.75 Å². The molecule has 1 heterocycles. The number of hydrogen-bond acceptors (Lipinski definition) is 2. The molecule has 0 aliphatic carbocycles. The summed E-state index contributed by atoms with van der Waals surface area (Å²) in [6, 6.07) is 6.87. The molecule has 0 atom stereocenters. The molecule has 2 heteroatoms. The van der Waals surface area contributed by atoms with E-state index < -0.39 is 0 Å². The van der Waals surface area contributed by atoms with Crippen molar-refractivity contribution in [3.63, 3.8) is 0 Å². The first-order valence-corrected chi connectivity index (χ1v) is 3.32. The SMILES string of the molecule is [2H]c1ccc2ncccc2c1O. The summed E-state index contributed by atoms with van der Waals surface area (Å²) >= 11 is 0. The zero-order chi connectivity index (χ0) is 8.55. The van der Waals surface area contributed by atoms with E-state index in [4.69, 9.17) is 1.37 Å². The first-order chi connectivity index (χ1) is 5.79. The zero-order valence-electron chi connectivity index (χ0n) is 6.78. The Hall–Kier alpha value is -1.57. The average molecular weight is 146 g/mol. The lowest BCUT2D eigenvalue weighted by Crippen LogP contribution is -1.75. The van der Waals surface area contributed by atoms with Crippen LogP contribution in [0.2, 0.25) is 0 Å². The average Bonchev–Trinajstić information content (AvgIpc) is 2.12. The monoisotopic (exact) mass is 146 g/mol. The van der Waals surface area contributed by atoms with Gasteiger partial charge in [-0.15, -0.1) is 0 Å². The van der Waals surface area contributed by atoms with Crippen LogP contribution in [-0.4, -0.2) is 10.1 Å². The minimum atomic E-state index is 0.000556. The van der Waals surface area contributed by atoms with Crippen molar-refractivity contribution in [1.82, 2.24) is 4.98 Å². The third kappa shape index (κ3) is 0.923. The van der Waals surface area contributed by atoms with Gasteiger partial charge >= 0.3 is 0 Å². The number of rotatable bonds is 0. The summed E-state index contributed by atoms with van der Waals surface area (Å²) in [5.41, 5.74) is 0.714. The van der Waals surface area contributed by atoms with Gasteiger partial charge in [-0.2, -0.15) is 0 Å². The van der Waals surface area contributed by atoms with E-state index in [1.165, 1.54) is 6.07 Å². The Morgan fingerprint density at radius 2 is 2.27 bits per heavy atom. The summed E-state index contributed by atoms with van der Waals surface area (Å²) in [6.45, 7) is 0. The summed E-state index contributed by atoms with van der Waals surface area (Å²) in [5.74, 6) is 0.000556. The van der Waals surface area contributed by atoms with Crippen molar-refractivity contribution < 1.29 is 6.48 Å². The van der Waals surface area contributed by atoms with Crippen molar-refractivity contribution in [1.29, 1.82) is 0 Å². The topological polar surface area (TPSA) is 33.1 Å². The van der Waals surface area contributed by atoms with Crippen LogP contribution in [-0.2, 0) is 0 Å². The quantitative estimate of drug-likeness (QED) is 0.616. The standard InChI is InChI=1S/C9H7NO/c11-9-5-1-4-8-7(9)3-2-6-10-8/h1-6,11H/i5D. The summed E-state index contributed by atoms with van der Waals surface area (Å²) < 4.78 is 7.32. The van der Waals surface area contributed by atoms with Crippen LogP contribution >= 0.6 is 0 Å². The van der Waals surface area contributed by atoms with Gasteiger partial charge in [-0.3, -0.25) is 4.98 Å². The minimum absolute atomic E-state index is 0.000556. The fourth-order valence-corrected chi connectivity index (χ4v) is 1.03. The summed E-state index contributed by atoms with van der Waals surface area (Å²) in [7, 11) is 0. The molecule has 1 aromatic carbocycles. The Balaban J connectivity index is 2.91. The van der Waals surface area contributed by atoms with E-state index in [0.29, 0.717) is 10.9 Å². The number of benzene rings is 1. The Morgan fingerprint density at radius 1 is 1.36 bits per heavy atom. The highest BCUT2D eigenvalue weighted by Crippen LogP contribution is 2.21. The number of hydrogen-bond donors (Lipinski definition) is 1. The molecule has 0 fully saturated rings. The van der Waals surface area contributed by atoms with Crippen LogP contribution in [0.4, 0.5) is 0 Å². The first-order valence-electron chi connectivity index (χ1n) is 3.82. The van der Waals surface area contributed by atoms with Crippen LogP contribution in [0.15, 0.2) is 36.5 Å². The molecule has 1 aromatic heterocycles. The van der Waals surface area contributed by atoms with Gasteiger partial charge in [0.2, 0.25) is 0 Å². The molecule has 11 heavy (non-hydrogen) atoms. The molecule has 0 aliphatic heterocycles. The number of nitrogens with zero attached hydrogens (tertiary/aromatic N) is 1. The summed E-state index contributed by atoms with van der Waals surface area (Å²) in [6.07, 6.45) is 1.66. The fraction of sp³-hybridized carbons (Fsp3) is 0. The van der Waals surface area contributed by atoms with Crippen molar-refractivity contribution in [2.45, 2.75) is 0 Å². The van der Waals surface area contributed by atoms with Crippen LogP contribution in [0.1, 0.15) is 1.37 Å². The Morgan fingerprint density at radius 3 is 3.18 bits per heavy atom. The number of pyridine rings is 1. The third-order valence-corrected chi connectivity index (χ3v) is 1.55. The predicted molar refractivity (Wildman–Crippen MR) is 43.4 cm³/mol. The van der Waals surface area contributed by atoms with Crippen molar-refractivity contribution >= 4 is 10.9 Å². The smallest absolute Gasteiger partial charge is 0.124 e. The fourth-order valence-electron chi connectivity index (χ4n) is 1.03. The van der Waals surface area contributed by atoms with E-state index in [2.05, 4.69) is 4.98 Å². The second kappa shape index (κ2) is 2.23. The molecular weight excluding hydrogens is 138 g/mol. The van der Waals surface area contributed by atoms with Gasteiger partial charge in [-0.25, -0.2) is 0 Å². The highest BCUT2D eigenvalue weighted by Gasteiger charge is 1.95. The third-order valence-electron chi connectivity index (χ3n) is 1.55. The largest absolute Gasteiger partial charge is 0.507 e. The second-order valence-electron chi connectivity index (χ2n) is 2.26. The van der Waals surface area contributed by atoms with E-state index >= 15 is 0 Å². The van der Waals surface area contributed by atoms with E-state index in [1.54, 1.807) is 24.4 Å². The maximum atomic E-state index is 9.43. The van der Waals surface area contributed by atoms with Crippen LogP contribution in [0.3, 0.4) is 0 Å². The normalized spacial score (nSPS) is 11.5. The molecule has 2 nitrogen and oxygen atoms in total. The van der Waals surface area contributed by atoms with Crippen LogP contribution in [0, 0.1) is 0 Å². The van der Waals surface area contributed by atoms with E-state index in [-0.39, 0.29) is 11.8 Å². The number of fused-ring (bicyclic) bond motifs is 1. The molecule has 0 amide bonds. The van der Waals surface area contributed by atoms with Gasteiger partial charge in [0.15, 0.2) is 0 Å². The van der Waals surface area contributed by atoms with Gasteiger partial charge in [-0.05, 0) is 24.2 Å². The number of phenolic OH excluding ortho intramolecular Hbond substituents is 1. The van der Waals surface area contributed by atoms with Crippen molar-refractivity contribution in [3.05, 3.63) is 36.5 Å². The van der Waals surface area contributed by atoms with Crippen molar-refractivity contribution in [2.75, 3.05) is 0 Å². The van der Waals surface area contributed by atoms with Gasteiger partial charge in [0.05, 0.1) is 6.89 Å². The molecule has 0 bridgehead atoms. The van der Waals surface area contributed by atoms with Gasteiger partial charge in [0.25, 0.3) is 0 Å². The number of aromatic nitrogens is 1. The Kier molecular flexibility index (Phi) is 1.04. The van der Waals surface area contributed by atoms with E-state index in [0.717, 1.165) is 0 Å². The number of aromatic hydroxyl groups is 1. The minimum Gasteiger partial charge on any atom is -0.507 e. The zero-order valence-corrected chi connectivity index (χ0v) is 5.78. The van der Waals surface area contributed by atoms with Gasteiger partial charge in [0.1, 0.15) is 5.75 Å². The van der Waals surface area contributed by atoms with Crippen molar-refractivity contribution in [2.24, 2.45) is 0 Å². The van der Waals surface area contributed by atoms with Crippen LogP contribution in [0.25, 0.3) is 10.9 Å². The first kappa shape index (κ1) is 5.13. The molecule has 54 valence electrons. The van der Waals surface area contributed by atoms with Crippen molar-refractivity contribution in [3.8, 4) is 5.75 Å². The maximum absolute atomic E-state index is 9.43. The van der Waals surface area contributed by atoms with E-state index in [1.807, 2.05) is 0 Å². The molecule has 1 N–H and O–H groups in total. The molecule has 2 aromatic rings. The lowest BCUT2D eigenvalue weighted by molar-refractivity contribution is 0.481. The molecule has 0 spiro atoms. The van der Waals surface area contributed by atoms with Gasteiger partial charge < -0.3 is 5.11 Å². The molecule has 0 unspecified atom stereocenters. The Labute approximate surface area is 65.5 Å². The Bertz CT molecular complexity index is 428. The predicted octanol–water partition coefficient (Wildman–Crippen LogP) is 1.94. The van der Waals surface area contributed by atoms with Gasteiger partial charge in [-0.1, -0.05) is 6.07 Å². The van der Waals surface area contributed by atoms with E-state index in [9.17, 15) is 5.11 Å². The molecule has 0 aliphatic rings. The second-order valence-corrected chi connectivity index (χ2v) is 2.26. The molecule has 0 saturated heterocycles.